The first-order chi connectivity index (χ1) is 9.06. The fraction of sp³-hybridized carbons (Fsp3) is 0.538. The normalized spacial score (nSPS) is 22.6. The second-order valence-electron chi connectivity index (χ2n) is 4.51. The molecule has 2 unspecified atom stereocenters. The predicted molar refractivity (Wildman–Crippen MR) is 65.6 cm³/mol. The van der Waals surface area contributed by atoms with Crippen LogP contribution in [0.3, 0.4) is 0 Å². The summed E-state index contributed by atoms with van der Waals surface area (Å²) in [7, 11) is 1.26. The molecule has 1 aliphatic heterocycles. The molecule has 0 saturated carbocycles. The van der Waals surface area contributed by atoms with Gasteiger partial charge >= 0.3 is 5.97 Å². The summed E-state index contributed by atoms with van der Waals surface area (Å²) in [4.78, 5) is 25.2. The molecule has 19 heavy (non-hydrogen) atoms. The van der Waals surface area contributed by atoms with Gasteiger partial charge in [0.05, 0.1) is 13.2 Å². The smallest absolute Gasteiger partial charge is 0.328 e. The molecule has 1 fully saturated rings. The Morgan fingerprint density at radius 2 is 2.26 bits per heavy atom. The maximum atomic E-state index is 12.3. The number of carbonyl (C=O) groups is 2. The largest absolute Gasteiger partial charge is 0.467 e. The van der Waals surface area contributed by atoms with Crippen molar-refractivity contribution >= 4 is 11.9 Å². The zero-order chi connectivity index (χ0) is 14.0. The summed E-state index contributed by atoms with van der Waals surface area (Å²) in [6.45, 7) is 2.03. The molecule has 0 bridgehead atoms. The Morgan fingerprint density at radius 3 is 2.84 bits per heavy atom. The lowest BCUT2D eigenvalue weighted by molar-refractivity contribution is -0.145. The van der Waals surface area contributed by atoms with E-state index in [1.165, 1.54) is 12.0 Å². The Hall–Kier alpha value is -1.82. The number of furan rings is 1. The summed E-state index contributed by atoms with van der Waals surface area (Å²) in [5.41, 5.74) is 0. The summed E-state index contributed by atoms with van der Waals surface area (Å²) in [5.74, 6) is -0.0311. The number of esters is 1. The third-order valence-corrected chi connectivity index (χ3v) is 3.23. The molecule has 6 nitrogen and oxygen atoms in total. The second-order valence-corrected chi connectivity index (χ2v) is 4.51. The number of likely N-dealkylation sites (tertiary alicyclic amines) is 1. The minimum absolute atomic E-state index is 0.112. The van der Waals surface area contributed by atoms with E-state index in [-0.39, 0.29) is 18.7 Å². The van der Waals surface area contributed by atoms with Gasteiger partial charge in [0.25, 0.3) is 5.91 Å². The standard InChI is InChI=1S/C13H17NO5/c1-3-9-4-5-11(19-9)12(16)14-7-8(15)6-10(14)13(17)18-2/h4-5,8,10,15H,3,6-7H2,1-2H3. The number of amides is 1. The monoisotopic (exact) mass is 267 g/mol. The number of rotatable bonds is 3. The topological polar surface area (TPSA) is 80.0 Å². The third kappa shape index (κ3) is 2.63. The molecule has 2 rings (SSSR count). The fourth-order valence-corrected chi connectivity index (χ4v) is 2.22. The second kappa shape index (κ2) is 5.44. The minimum atomic E-state index is -0.748. The summed E-state index contributed by atoms with van der Waals surface area (Å²) in [5, 5.41) is 9.63. The van der Waals surface area contributed by atoms with E-state index in [0.717, 1.165) is 0 Å². The van der Waals surface area contributed by atoms with Crippen molar-refractivity contribution in [2.45, 2.75) is 31.9 Å². The molecule has 2 atom stereocenters. The number of methoxy groups -OCH3 is 1. The number of β-amino-alcohol motifs (C(OH)–C–C–N with tert-alkyl or cyclic N) is 1. The molecule has 1 saturated heterocycles. The van der Waals surface area contributed by atoms with Crippen LogP contribution in [0.1, 0.15) is 29.7 Å². The molecular formula is C13H17NO5. The molecule has 0 aromatic carbocycles. The van der Waals surface area contributed by atoms with Crippen LogP contribution in [0.15, 0.2) is 16.5 Å². The van der Waals surface area contributed by atoms with Crippen molar-refractivity contribution in [3.8, 4) is 0 Å². The number of hydrogen-bond donors (Lipinski definition) is 1. The molecule has 1 aromatic heterocycles. The Morgan fingerprint density at radius 1 is 1.53 bits per heavy atom. The number of aliphatic hydroxyl groups excluding tert-OH is 1. The minimum Gasteiger partial charge on any atom is -0.467 e. The fourth-order valence-electron chi connectivity index (χ4n) is 2.22. The van der Waals surface area contributed by atoms with Crippen LogP contribution >= 0.6 is 0 Å². The highest BCUT2D eigenvalue weighted by molar-refractivity contribution is 5.95. The zero-order valence-corrected chi connectivity index (χ0v) is 11.0. The maximum absolute atomic E-state index is 12.3. The van der Waals surface area contributed by atoms with Crippen molar-refractivity contribution in [3.63, 3.8) is 0 Å². The number of carbonyl (C=O) groups excluding carboxylic acids is 2. The van der Waals surface area contributed by atoms with Gasteiger partial charge in [0.15, 0.2) is 5.76 Å². The predicted octanol–water partition coefficient (Wildman–Crippen LogP) is 0.590. The van der Waals surface area contributed by atoms with E-state index in [2.05, 4.69) is 4.74 Å². The first kappa shape index (κ1) is 13.6. The van der Waals surface area contributed by atoms with Crippen LogP contribution < -0.4 is 0 Å². The highest BCUT2D eigenvalue weighted by Gasteiger charge is 2.40. The Labute approximate surface area is 110 Å². The van der Waals surface area contributed by atoms with E-state index in [1.54, 1.807) is 12.1 Å². The van der Waals surface area contributed by atoms with Gasteiger partial charge in [0.2, 0.25) is 0 Å². The summed E-state index contributed by atoms with van der Waals surface area (Å²) >= 11 is 0. The van der Waals surface area contributed by atoms with E-state index < -0.39 is 24.0 Å². The average molecular weight is 267 g/mol. The van der Waals surface area contributed by atoms with Crippen LogP contribution in [0.25, 0.3) is 0 Å². The summed E-state index contributed by atoms with van der Waals surface area (Å²) < 4.78 is 10.0. The molecule has 2 heterocycles. The molecule has 0 spiro atoms. The molecule has 6 heteroatoms. The maximum Gasteiger partial charge on any atom is 0.328 e. The summed E-state index contributed by atoms with van der Waals surface area (Å²) in [6.07, 6.45) is 0.171. The van der Waals surface area contributed by atoms with Gasteiger partial charge in [-0.25, -0.2) is 4.79 Å². The van der Waals surface area contributed by atoms with Crippen molar-refractivity contribution in [1.29, 1.82) is 0 Å². The number of hydrogen-bond acceptors (Lipinski definition) is 5. The molecule has 0 aliphatic carbocycles. The first-order valence-electron chi connectivity index (χ1n) is 6.22. The molecule has 0 radical (unpaired) electrons. The van der Waals surface area contributed by atoms with Crippen LogP contribution in [-0.4, -0.2) is 47.7 Å². The number of aliphatic hydroxyl groups is 1. The lowest BCUT2D eigenvalue weighted by Crippen LogP contribution is -2.41. The van der Waals surface area contributed by atoms with E-state index in [9.17, 15) is 14.7 Å². The Balaban J connectivity index is 2.19. The van der Waals surface area contributed by atoms with Crippen LogP contribution in [0, 0.1) is 0 Å². The molecule has 1 N–H and O–H groups in total. The van der Waals surface area contributed by atoms with Crippen LogP contribution in [-0.2, 0) is 16.0 Å². The lowest BCUT2D eigenvalue weighted by Gasteiger charge is -2.21. The van der Waals surface area contributed by atoms with Gasteiger partial charge in [0, 0.05) is 19.4 Å². The van der Waals surface area contributed by atoms with E-state index in [4.69, 9.17) is 4.42 Å². The van der Waals surface area contributed by atoms with Gasteiger partial charge in [0.1, 0.15) is 11.8 Å². The highest BCUT2D eigenvalue weighted by atomic mass is 16.5. The molecule has 1 amide bonds. The number of nitrogens with zero attached hydrogens (tertiary/aromatic N) is 1. The quantitative estimate of drug-likeness (QED) is 0.811. The van der Waals surface area contributed by atoms with Gasteiger partial charge in [-0.15, -0.1) is 0 Å². The van der Waals surface area contributed by atoms with Crippen LogP contribution in [0.5, 0.6) is 0 Å². The third-order valence-electron chi connectivity index (χ3n) is 3.23. The summed E-state index contributed by atoms with van der Waals surface area (Å²) in [6, 6.07) is 2.57. The van der Waals surface area contributed by atoms with E-state index in [1.807, 2.05) is 6.92 Å². The van der Waals surface area contributed by atoms with Gasteiger partial charge in [-0.2, -0.15) is 0 Å². The van der Waals surface area contributed by atoms with E-state index >= 15 is 0 Å². The zero-order valence-electron chi connectivity index (χ0n) is 11.0. The van der Waals surface area contributed by atoms with E-state index in [0.29, 0.717) is 12.2 Å². The SMILES string of the molecule is CCc1ccc(C(=O)N2CC(O)CC2C(=O)OC)o1. The molecule has 1 aliphatic rings. The van der Waals surface area contributed by atoms with Crippen molar-refractivity contribution in [2.24, 2.45) is 0 Å². The van der Waals surface area contributed by atoms with Crippen LogP contribution in [0.2, 0.25) is 0 Å². The molecule has 104 valence electrons. The number of ether oxygens (including phenoxy) is 1. The van der Waals surface area contributed by atoms with Crippen molar-refractivity contribution in [1.82, 2.24) is 4.90 Å². The van der Waals surface area contributed by atoms with Gasteiger partial charge in [-0.05, 0) is 12.1 Å². The van der Waals surface area contributed by atoms with Crippen molar-refractivity contribution in [2.75, 3.05) is 13.7 Å². The van der Waals surface area contributed by atoms with Crippen molar-refractivity contribution in [3.05, 3.63) is 23.7 Å². The lowest BCUT2D eigenvalue weighted by atomic mass is 10.2. The Bertz CT molecular complexity index is 481. The number of aryl methyl sites for hydroxylation is 1. The van der Waals surface area contributed by atoms with Gasteiger partial charge < -0.3 is 19.2 Å². The van der Waals surface area contributed by atoms with Gasteiger partial charge in [-0.1, -0.05) is 6.92 Å². The van der Waals surface area contributed by atoms with Crippen molar-refractivity contribution < 1.29 is 23.8 Å². The first-order valence-corrected chi connectivity index (χ1v) is 6.22. The molecular weight excluding hydrogens is 250 g/mol. The van der Waals surface area contributed by atoms with Gasteiger partial charge in [-0.3, -0.25) is 4.79 Å². The highest BCUT2D eigenvalue weighted by Crippen LogP contribution is 2.22. The average Bonchev–Trinajstić information content (AvgIpc) is 3.03. The van der Waals surface area contributed by atoms with Crippen LogP contribution in [0.4, 0.5) is 0 Å². The molecule has 1 aromatic rings. The Kier molecular flexibility index (Phi) is 3.90.